The van der Waals surface area contributed by atoms with Crippen molar-refractivity contribution >= 4 is 55.6 Å². The molecule has 1 heterocycles. The van der Waals surface area contributed by atoms with Crippen molar-refractivity contribution in [3.05, 3.63) is 26.1 Å². The summed E-state index contributed by atoms with van der Waals surface area (Å²) in [5.74, 6) is 0.784. The van der Waals surface area contributed by atoms with Gasteiger partial charge in [0.1, 0.15) is 0 Å². The lowest BCUT2D eigenvalue weighted by atomic mass is 10.2. The second kappa shape index (κ2) is 3.63. The average molecular weight is 325 g/mol. The van der Waals surface area contributed by atoms with Gasteiger partial charge in [-0.1, -0.05) is 17.7 Å². The minimum atomic E-state index is 0.674. The molecule has 0 unspecified atom stereocenters. The third-order valence-electron chi connectivity index (χ3n) is 1.81. The minimum absolute atomic E-state index is 0.674. The van der Waals surface area contributed by atoms with Crippen LogP contribution in [0.1, 0.15) is 0 Å². The first-order valence-electron chi connectivity index (χ1n) is 3.63. The summed E-state index contributed by atoms with van der Waals surface area (Å²) in [6.45, 7) is 0. The summed E-state index contributed by atoms with van der Waals surface area (Å²) in [4.78, 5) is 0. The fraction of sp³-hybridized carbons (Fsp3) is 0.111. The van der Waals surface area contributed by atoms with Crippen molar-refractivity contribution in [3.63, 3.8) is 0 Å². The van der Waals surface area contributed by atoms with Gasteiger partial charge >= 0.3 is 0 Å². The van der Waals surface area contributed by atoms with E-state index in [0.717, 1.165) is 10.4 Å². The Morgan fingerprint density at radius 1 is 1.46 bits per heavy atom. The maximum Gasteiger partial charge on any atom is 0.155 e. The van der Waals surface area contributed by atoms with E-state index in [9.17, 15) is 0 Å². The van der Waals surface area contributed by atoms with Crippen molar-refractivity contribution in [3.8, 4) is 5.75 Å². The van der Waals surface area contributed by atoms with Crippen LogP contribution in [0.15, 0.2) is 17.5 Å². The number of benzene rings is 1. The molecule has 0 atom stereocenters. The summed E-state index contributed by atoms with van der Waals surface area (Å²) >= 11 is 9.96. The molecule has 0 spiro atoms. The summed E-state index contributed by atoms with van der Waals surface area (Å²) in [5, 5.41) is 3.99. The van der Waals surface area contributed by atoms with Gasteiger partial charge < -0.3 is 4.74 Å². The standard InChI is InChI=1S/C9H6ClIOS/c1-12-8-6(10)3-2-5-7(11)4-13-9(5)8/h2-4H,1H3. The number of hydrogen-bond donors (Lipinski definition) is 0. The van der Waals surface area contributed by atoms with E-state index in [-0.39, 0.29) is 0 Å². The molecule has 0 aliphatic carbocycles. The molecule has 0 saturated carbocycles. The van der Waals surface area contributed by atoms with Crippen LogP contribution in [0.3, 0.4) is 0 Å². The van der Waals surface area contributed by atoms with Crippen LogP contribution < -0.4 is 4.74 Å². The predicted molar refractivity (Wildman–Crippen MR) is 66.1 cm³/mol. The highest BCUT2D eigenvalue weighted by Crippen LogP contribution is 2.39. The average Bonchev–Trinajstić information content (AvgIpc) is 2.48. The van der Waals surface area contributed by atoms with Crippen molar-refractivity contribution in [2.45, 2.75) is 0 Å². The monoisotopic (exact) mass is 324 g/mol. The van der Waals surface area contributed by atoms with Crippen molar-refractivity contribution in [1.82, 2.24) is 0 Å². The number of halogens is 2. The molecule has 0 aliphatic heterocycles. The summed E-state index contributed by atoms with van der Waals surface area (Å²) in [6, 6.07) is 3.90. The molecule has 0 fully saturated rings. The summed E-state index contributed by atoms with van der Waals surface area (Å²) < 4.78 is 7.61. The van der Waals surface area contributed by atoms with Crippen molar-refractivity contribution in [1.29, 1.82) is 0 Å². The molecule has 0 aliphatic rings. The van der Waals surface area contributed by atoms with Crippen LogP contribution in [-0.4, -0.2) is 7.11 Å². The fourth-order valence-corrected chi connectivity index (χ4v) is 3.47. The Morgan fingerprint density at radius 2 is 2.23 bits per heavy atom. The first-order valence-corrected chi connectivity index (χ1v) is 5.97. The van der Waals surface area contributed by atoms with Crippen LogP contribution in [0.2, 0.25) is 5.02 Å². The van der Waals surface area contributed by atoms with Gasteiger partial charge in [-0.3, -0.25) is 0 Å². The maximum absolute atomic E-state index is 5.99. The molecule has 2 aromatic rings. The SMILES string of the molecule is COc1c(Cl)ccc2c(I)csc12. The van der Waals surface area contributed by atoms with Crippen LogP contribution in [0.5, 0.6) is 5.75 Å². The van der Waals surface area contributed by atoms with E-state index in [1.807, 2.05) is 12.1 Å². The summed E-state index contributed by atoms with van der Waals surface area (Å²) in [5.41, 5.74) is 0. The first kappa shape index (κ1) is 9.55. The highest BCUT2D eigenvalue weighted by molar-refractivity contribution is 14.1. The Kier molecular flexibility index (Phi) is 2.67. The lowest BCUT2D eigenvalue weighted by Gasteiger charge is -2.03. The number of thiophene rings is 1. The van der Waals surface area contributed by atoms with E-state index >= 15 is 0 Å². The zero-order valence-corrected chi connectivity index (χ0v) is 10.5. The Morgan fingerprint density at radius 3 is 2.92 bits per heavy atom. The van der Waals surface area contributed by atoms with Gasteiger partial charge in [0.25, 0.3) is 0 Å². The number of methoxy groups -OCH3 is 1. The van der Waals surface area contributed by atoms with Gasteiger partial charge in [0.05, 0.1) is 16.8 Å². The molecule has 0 bridgehead atoms. The van der Waals surface area contributed by atoms with Gasteiger partial charge in [-0.2, -0.15) is 0 Å². The van der Waals surface area contributed by atoms with Crippen LogP contribution in [0.4, 0.5) is 0 Å². The predicted octanol–water partition coefficient (Wildman–Crippen LogP) is 4.17. The smallest absolute Gasteiger partial charge is 0.155 e. The van der Waals surface area contributed by atoms with Gasteiger partial charge in [0.15, 0.2) is 5.75 Å². The second-order valence-corrected chi connectivity index (χ2v) is 4.99. The second-order valence-electron chi connectivity index (χ2n) is 2.54. The first-order chi connectivity index (χ1) is 6.24. The van der Waals surface area contributed by atoms with Gasteiger partial charge in [-0.15, -0.1) is 11.3 Å². The molecule has 1 aromatic heterocycles. The van der Waals surface area contributed by atoms with E-state index in [0.29, 0.717) is 5.02 Å². The molecule has 1 aromatic carbocycles. The molecule has 0 amide bonds. The zero-order valence-electron chi connectivity index (χ0n) is 6.80. The van der Waals surface area contributed by atoms with Crippen LogP contribution in [0.25, 0.3) is 10.1 Å². The Bertz CT molecular complexity index is 452. The number of fused-ring (bicyclic) bond motifs is 1. The van der Waals surface area contributed by atoms with E-state index in [1.165, 1.54) is 8.96 Å². The van der Waals surface area contributed by atoms with Gasteiger partial charge in [0.2, 0.25) is 0 Å². The molecule has 68 valence electrons. The van der Waals surface area contributed by atoms with E-state index < -0.39 is 0 Å². The Hall–Kier alpha value is -0.0000000000000000833. The normalized spacial score (nSPS) is 10.7. The number of hydrogen-bond acceptors (Lipinski definition) is 2. The van der Waals surface area contributed by atoms with E-state index in [1.54, 1.807) is 18.4 Å². The molecular weight excluding hydrogens is 319 g/mol. The van der Waals surface area contributed by atoms with Crippen LogP contribution >= 0.6 is 45.5 Å². The molecule has 2 rings (SSSR count). The molecule has 4 heteroatoms. The molecular formula is C9H6ClIOS. The molecule has 13 heavy (non-hydrogen) atoms. The highest BCUT2D eigenvalue weighted by Gasteiger charge is 2.09. The third kappa shape index (κ3) is 1.53. The van der Waals surface area contributed by atoms with E-state index in [2.05, 4.69) is 28.0 Å². The quantitative estimate of drug-likeness (QED) is 0.716. The van der Waals surface area contributed by atoms with Gasteiger partial charge in [-0.25, -0.2) is 0 Å². The van der Waals surface area contributed by atoms with Crippen molar-refractivity contribution in [2.24, 2.45) is 0 Å². The molecule has 0 radical (unpaired) electrons. The Balaban J connectivity index is 2.85. The van der Waals surface area contributed by atoms with Crippen LogP contribution in [0, 0.1) is 3.57 Å². The highest BCUT2D eigenvalue weighted by atomic mass is 127. The topological polar surface area (TPSA) is 9.23 Å². The lowest BCUT2D eigenvalue weighted by Crippen LogP contribution is -1.83. The summed E-state index contributed by atoms with van der Waals surface area (Å²) in [6.07, 6.45) is 0. The minimum Gasteiger partial charge on any atom is -0.494 e. The van der Waals surface area contributed by atoms with Gasteiger partial charge in [0, 0.05) is 14.3 Å². The summed E-state index contributed by atoms with van der Waals surface area (Å²) in [7, 11) is 1.65. The fourth-order valence-electron chi connectivity index (χ4n) is 1.21. The van der Waals surface area contributed by atoms with Crippen molar-refractivity contribution < 1.29 is 4.74 Å². The number of ether oxygens (including phenoxy) is 1. The molecule has 0 N–H and O–H groups in total. The van der Waals surface area contributed by atoms with Crippen LogP contribution in [-0.2, 0) is 0 Å². The lowest BCUT2D eigenvalue weighted by molar-refractivity contribution is 0.420. The molecule has 0 saturated heterocycles. The zero-order chi connectivity index (χ0) is 9.42. The third-order valence-corrected chi connectivity index (χ3v) is 4.41. The Labute approximate surface area is 98.8 Å². The molecule has 1 nitrogen and oxygen atoms in total. The largest absolute Gasteiger partial charge is 0.494 e. The van der Waals surface area contributed by atoms with Gasteiger partial charge in [-0.05, 0) is 28.7 Å². The van der Waals surface area contributed by atoms with E-state index in [4.69, 9.17) is 16.3 Å². The maximum atomic E-state index is 5.99. The number of rotatable bonds is 1. The van der Waals surface area contributed by atoms with Crippen molar-refractivity contribution in [2.75, 3.05) is 7.11 Å².